The summed E-state index contributed by atoms with van der Waals surface area (Å²) in [6.07, 6.45) is 8.36. The van der Waals surface area contributed by atoms with Gasteiger partial charge in [-0.3, -0.25) is 9.59 Å². The maximum atomic E-state index is 13.8. The summed E-state index contributed by atoms with van der Waals surface area (Å²) < 4.78 is 18.9. The molecule has 1 heterocycles. The van der Waals surface area contributed by atoms with E-state index in [1.165, 1.54) is 31.6 Å². The zero-order chi connectivity index (χ0) is 22.9. The van der Waals surface area contributed by atoms with E-state index in [9.17, 15) is 14.0 Å². The van der Waals surface area contributed by atoms with Crippen molar-refractivity contribution in [3.8, 4) is 5.75 Å². The highest BCUT2D eigenvalue weighted by molar-refractivity contribution is 5.80. The van der Waals surface area contributed by atoms with Crippen LogP contribution in [-0.4, -0.2) is 31.0 Å². The maximum Gasteiger partial charge on any atom is 0.220 e. The molecule has 2 amide bonds. The third-order valence-corrected chi connectivity index (χ3v) is 8.14. The monoisotopic (exact) mass is 442 g/mol. The van der Waals surface area contributed by atoms with E-state index in [0.29, 0.717) is 50.0 Å². The second-order valence-electron chi connectivity index (χ2n) is 10.4. The van der Waals surface area contributed by atoms with Gasteiger partial charge in [0, 0.05) is 24.9 Å². The van der Waals surface area contributed by atoms with Crippen LogP contribution in [0, 0.1) is 23.1 Å². The minimum absolute atomic E-state index is 0.00476. The predicted octanol–water partition coefficient (Wildman–Crippen LogP) is 4.30. The fourth-order valence-electron chi connectivity index (χ4n) is 5.93. The van der Waals surface area contributed by atoms with Gasteiger partial charge in [0.15, 0.2) is 11.6 Å². The molecule has 174 valence electrons. The van der Waals surface area contributed by atoms with E-state index in [2.05, 4.69) is 30.6 Å². The normalized spacial score (nSPS) is 27.9. The summed E-state index contributed by atoms with van der Waals surface area (Å²) in [5, 5.41) is 6.16. The standard InChI is InChI=1S/C26H35FN2O3/c1-25(2)19-6-5-18(20(25)15-19)10-13-28-23(30)8-11-26(12-9-24(31)29-26)16-17-4-7-21(27)22(14-17)32-3/h4-5,7,14,19-20H,6,8-13,15-16H2,1-3H3,(H,28,30)(H,29,31)/t19-,20-,26?/m0/s1. The van der Waals surface area contributed by atoms with Crippen molar-refractivity contribution in [2.45, 2.75) is 70.8 Å². The minimum atomic E-state index is -0.478. The fraction of sp³-hybridized carbons (Fsp3) is 0.615. The Hall–Kier alpha value is -2.37. The summed E-state index contributed by atoms with van der Waals surface area (Å²) >= 11 is 0. The number of ether oxygens (including phenoxy) is 1. The summed E-state index contributed by atoms with van der Waals surface area (Å²) in [5.74, 6) is 1.30. The van der Waals surface area contributed by atoms with Crippen LogP contribution in [0.25, 0.3) is 0 Å². The highest BCUT2D eigenvalue weighted by Gasteiger charge is 2.50. The number of carbonyl (C=O) groups excluding carboxylic acids is 2. The molecule has 0 radical (unpaired) electrons. The number of halogens is 1. The molecule has 1 unspecified atom stereocenters. The van der Waals surface area contributed by atoms with Crippen LogP contribution < -0.4 is 15.4 Å². The fourth-order valence-corrected chi connectivity index (χ4v) is 5.93. The predicted molar refractivity (Wildman–Crippen MR) is 122 cm³/mol. The first-order chi connectivity index (χ1) is 15.2. The van der Waals surface area contributed by atoms with Crippen LogP contribution in [0.4, 0.5) is 4.39 Å². The molecule has 5 rings (SSSR count). The van der Waals surface area contributed by atoms with Crippen molar-refractivity contribution in [2.24, 2.45) is 17.3 Å². The van der Waals surface area contributed by atoms with E-state index in [1.54, 1.807) is 12.1 Å². The van der Waals surface area contributed by atoms with E-state index in [-0.39, 0.29) is 17.6 Å². The van der Waals surface area contributed by atoms with Gasteiger partial charge < -0.3 is 15.4 Å². The largest absolute Gasteiger partial charge is 0.494 e. The Morgan fingerprint density at radius 3 is 2.81 bits per heavy atom. The van der Waals surface area contributed by atoms with Crippen molar-refractivity contribution in [3.05, 3.63) is 41.2 Å². The molecular weight excluding hydrogens is 407 g/mol. The van der Waals surface area contributed by atoms with E-state index in [1.807, 2.05) is 0 Å². The Morgan fingerprint density at radius 2 is 2.16 bits per heavy atom. The third-order valence-electron chi connectivity index (χ3n) is 8.14. The summed E-state index contributed by atoms with van der Waals surface area (Å²) in [6.45, 7) is 5.39. The highest BCUT2D eigenvalue weighted by atomic mass is 19.1. The number of nitrogens with one attached hydrogen (secondary N) is 2. The SMILES string of the molecule is COc1cc(CC2(CCC(=O)NCCC3=CC[C@H]4C[C@@H]3C4(C)C)CCC(=O)N2)ccc1F. The van der Waals surface area contributed by atoms with Gasteiger partial charge >= 0.3 is 0 Å². The number of hydrogen-bond acceptors (Lipinski definition) is 3. The lowest BCUT2D eigenvalue weighted by Crippen LogP contribution is -2.48. The molecule has 3 aliphatic carbocycles. The van der Waals surface area contributed by atoms with Crippen molar-refractivity contribution >= 4 is 11.8 Å². The quantitative estimate of drug-likeness (QED) is 0.560. The van der Waals surface area contributed by atoms with Gasteiger partial charge in [0.05, 0.1) is 7.11 Å². The summed E-state index contributed by atoms with van der Waals surface area (Å²) in [4.78, 5) is 24.6. The van der Waals surface area contributed by atoms with Gasteiger partial charge in [-0.2, -0.15) is 0 Å². The summed E-state index contributed by atoms with van der Waals surface area (Å²) in [7, 11) is 1.44. The van der Waals surface area contributed by atoms with Gasteiger partial charge in [0.25, 0.3) is 0 Å². The minimum Gasteiger partial charge on any atom is -0.494 e. The molecule has 1 aromatic rings. The molecule has 0 spiro atoms. The molecule has 2 N–H and O–H groups in total. The van der Waals surface area contributed by atoms with Crippen LogP contribution in [0.1, 0.15) is 64.4 Å². The van der Waals surface area contributed by atoms with Crippen molar-refractivity contribution < 1.29 is 18.7 Å². The van der Waals surface area contributed by atoms with Gasteiger partial charge in [0.2, 0.25) is 11.8 Å². The molecule has 1 aromatic carbocycles. The van der Waals surface area contributed by atoms with Crippen LogP contribution in [-0.2, 0) is 16.0 Å². The van der Waals surface area contributed by atoms with E-state index in [0.717, 1.165) is 17.9 Å². The van der Waals surface area contributed by atoms with Gasteiger partial charge in [-0.15, -0.1) is 0 Å². The molecule has 32 heavy (non-hydrogen) atoms. The number of carbonyl (C=O) groups is 2. The zero-order valence-electron chi connectivity index (χ0n) is 19.4. The van der Waals surface area contributed by atoms with Gasteiger partial charge in [0.1, 0.15) is 0 Å². The Labute approximate surface area is 190 Å². The Balaban J connectivity index is 1.29. The van der Waals surface area contributed by atoms with Crippen LogP contribution in [0.2, 0.25) is 0 Å². The lowest BCUT2D eigenvalue weighted by molar-refractivity contribution is -0.122. The van der Waals surface area contributed by atoms with Crippen LogP contribution in [0.5, 0.6) is 5.75 Å². The molecule has 6 heteroatoms. The first kappa shape index (κ1) is 22.8. The summed E-state index contributed by atoms with van der Waals surface area (Å²) in [5.41, 5.74) is 2.32. The molecule has 1 saturated heterocycles. The van der Waals surface area contributed by atoms with Crippen molar-refractivity contribution in [1.82, 2.24) is 10.6 Å². The second kappa shape index (κ2) is 8.87. The molecular formula is C26H35FN2O3. The van der Waals surface area contributed by atoms with Crippen LogP contribution >= 0.6 is 0 Å². The molecule has 1 saturated carbocycles. The smallest absolute Gasteiger partial charge is 0.220 e. The second-order valence-corrected chi connectivity index (χ2v) is 10.4. The maximum absolute atomic E-state index is 13.8. The molecule has 3 atom stereocenters. The van der Waals surface area contributed by atoms with E-state index < -0.39 is 11.4 Å². The van der Waals surface area contributed by atoms with Crippen molar-refractivity contribution in [1.29, 1.82) is 0 Å². The number of fused-ring (bicyclic) bond motifs is 1. The average Bonchev–Trinajstić information content (AvgIpc) is 3.14. The van der Waals surface area contributed by atoms with E-state index in [4.69, 9.17) is 4.74 Å². The highest BCUT2D eigenvalue weighted by Crippen LogP contribution is 2.59. The van der Waals surface area contributed by atoms with Crippen LogP contribution in [0.15, 0.2) is 29.8 Å². The topological polar surface area (TPSA) is 67.4 Å². The Kier molecular flexibility index (Phi) is 6.33. The number of amides is 2. The zero-order valence-corrected chi connectivity index (χ0v) is 19.4. The average molecular weight is 443 g/mol. The molecule has 2 fully saturated rings. The van der Waals surface area contributed by atoms with Crippen molar-refractivity contribution in [2.75, 3.05) is 13.7 Å². The van der Waals surface area contributed by atoms with Gasteiger partial charge in [-0.25, -0.2) is 4.39 Å². The summed E-state index contributed by atoms with van der Waals surface area (Å²) in [6, 6.07) is 4.78. The lowest BCUT2D eigenvalue weighted by Gasteiger charge is -2.56. The molecule has 5 nitrogen and oxygen atoms in total. The van der Waals surface area contributed by atoms with Gasteiger partial charge in [-0.05, 0) is 73.5 Å². The molecule has 0 aromatic heterocycles. The number of allylic oxidation sites excluding steroid dienone is 1. The van der Waals surface area contributed by atoms with Gasteiger partial charge in [-0.1, -0.05) is 31.6 Å². The number of hydrogen-bond donors (Lipinski definition) is 2. The Morgan fingerprint density at radius 1 is 1.34 bits per heavy atom. The van der Waals surface area contributed by atoms with Crippen LogP contribution in [0.3, 0.4) is 0 Å². The molecule has 4 aliphatic rings. The van der Waals surface area contributed by atoms with Crippen molar-refractivity contribution in [3.63, 3.8) is 0 Å². The van der Waals surface area contributed by atoms with E-state index >= 15 is 0 Å². The first-order valence-electron chi connectivity index (χ1n) is 11.8. The molecule has 1 aliphatic heterocycles. The Bertz CT molecular complexity index is 926. The number of rotatable bonds is 9. The first-order valence-corrected chi connectivity index (χ1v) is 11.8. The lowest BCUT2D eigenvalue weighted by atomic mass is 9.48. The third kappa shape index (κ3) is 4.55. The number of methoxy groups -OCH3 is 1. The number of benzene rings is 1. The molecule has 2 bridgehead atoms.